The molecule has 2 atom stereocenters. The highest BCUT2D eigenvalue weighted by Gasteiger charge is 2.31. The van der Waals surface area contributed by atoms with Gasteiger partial charge in [0.05, 0.1) is 12.7 Å². The lowest BCUT2D eigenvalue weighted by Crippen LogP contribution is -2.37. The van der Waals surface area contributed by atoms with Gasteiger partial charge in [0.25, 0.3) is 0 Å². The van der Waals surface area contributed by atoms with E-state index in [4.69, 9.17) is 4.74 Å². The smallest absolute Gasteiger partial charge is 0.0914 e. The third kappa shape index (κ3) is 3.62. The van der Waals surface area contributed by atoms with Gasteiger partial charge in [0.1, 0.15) is 0 Å². The molecule has 1 aliphatic carbocycles. The van der Waals surface area contributed by atoms with Crippen LogP contribution in [0.5, 0.6) is 0 Å². The van der Waals surface area contributed by atoms with Crippen LogP contribution >= 0.6 is 0 Å². The number of hydrogen-bond acceptors (Lipinski definition) is 3. The molecule has 3 heteroatoms. The van der Waals surface area contributed by atoms with Crippen LogP contribution in [0, 0.1) is 5.92 Å². The van der Waals surface area contributed by atoms with Gasteiger partial charge in [0.15, 0.2) is 0 Å². The van der Waals surface area contributed by atoms with E-state index in [0.717, 1.165) is 12.2 Å². The van der Waals surface area contributed by atoms with E-state index in [-0.39, 0.29) is 0 Å². The molecule has 3 rings (SSSR count). The van der Waals surface area contributed by atoms with Crippen LogP contribution in [0.25, 0.3) is 10.8 Å². The Kier molecular flexibility index (Phi) is 4.54. The predicted molar refractivity (Wildman–Crippen MR) is 85.3 cm³/mol. The van der Waals surface area contributed by atoms with E-state index >= 15 is 0 Å². The molecule has 0 bridgehead atoms. The molecule has 0 heterocycles. The van der Waals surface area contributed by atoms with Crippen molar-refractivity contribution in [3.63, 3.8) is 0 Å². The second-order valence-electron chi connectivity index (χ2n) is 5.93. The van der Waals surface area contributed by atoms with Crippen molar-refractivity contribution in [3.8, 4) is 0 Å². The van der Waals surface area contributed by atoms with Gasteiger partial charge in [-0.3, -0.25) is 0 Å². The van der Waals surface area contributed by atoms with Gasteiger partial charge >= 0.3 is 0 Å². The van der Waals surface area contributed by atoms with Gasteiger partial charge < -0.3 is 15.2 Å². The topological polar surface area (TPSA) is 41.5 Å². The first-order valence-electron chi connectivity index (χ1n) is 7.67. The van der Waals surface area contributed by atoms with Crippen LogP contribution in [0.3, 0.4) is 0 Å². The maximum Gasteiger partial charge on any atom is 0.0914 e. The molecule has 112 valence electrons. The van der Waals surface area contributed by atoms with E-state index in [0.29, 0.717) is 18.5 Å². The zero-order chi connectivity index (χ0) is 14.7. The van der Waals surface area contributed by atoms with Gasteiger partial charge in [0.2, 0.25) is 0 Å². The lowest BCUT2D eigenvalue weighted by atomic mass is 10.0. The minimum Gasteiger partial charge on any atom is -0.387 e. The van der Waals surface area contributed by atoms with E-state index < -0.39 is 6.10 Å². The molecule has 0 aliphatic heterocycles. The fourth-order valence-electron chi connectivity index (χ4n) is 2.84. The van der Waals surface area contributed by atoms with Gasteiger partial charge in [-0.05, 0) is 41.2 Å². The number of aliphatic hydroxyl groups excluding tert-OH is 1. The largest absolute Gasteiger partial charge is 0.387 e. The molecular formula is C18H23NO2. The third-order valence-electron chi connectivity index (χ3n) is 4.27. The highest BCUT2D eigenvalue weighted by Crippen LogP contribution is 2.33. The second kappa shape index (κ2) is 6.56. The number of nitrogens with one attached hydrogen (secondary N) is 1. The molecule has 21 heavy (non-hydrogen) atoms. The summed E-state index contributed by atoms with van der Waals surface area (Å²) in [5.74, 6) is 0.716. The number of fused-ring (bicyclic) bond motifs is 1. The average Bonchev–Trinajstić information content (AvgIpc) is 3.35. The third-order valence-corrected chi connectivity index (χ3v) is 4.27. The standard InChI is InChI=1S/C18H23NO2/c1-21-12-17(14-7-8-14)19-11-18(20)16-9-6-13-4-2-3-5-15(13)10-16/h2-6,9-10,14,17-20H,7-8,11-12H2,1H3. The highest BCUT2D eigenvalue weighted by molar-refractivity contribution is 5.83. The fraction of sp³-hybridized carbons (Fsp3) is 0.444. The molecule has 0 amide bonds. The molecule has 2 aromatic rings. The molecule has 3 nitrogen and oxygen atoms in total. The summed E-state index contributed by atoms with van der Waals surface area (Å²) in [5.41, 5.74) is 0.966. The van der Waals surface area contributed by atoms with Crippen molar-refractivity contribution >= 4 is 10.8 Å². The van der Waals surface area contributed by atoms with Crippen molar-refractivity contribution in [3.05, 3.63) is 48.0 Å². The summed E-state index contributed by atoms with van der Waals surface area (Å²) in [7, 11) is 1.73. The summed E-state index contributed by atoms with van der Waals surface area (Å²) in [6, 6.07) is 14.7. The monoisotopic (exact) mass is 285 g/mol. The molecule has 0 spiro atoms. The van der Waals surface area contributed by atoms with Gasteiger partial charge in [-0.25, -0.2) is 0 Å². The zero-order valence-corrected chi connectivity index (χ0v) is 12.5. The van der Waals surface area contributed by atoms with Crippen LogP contribution in [0.4, 0.5) is 0 Å². The minimum atomic E-state index is -0.479. The van der Waals surface area contributed by atoms with Crippen molar-refractivity contribution in [1.82, 2.24) is 5.32 Å². The van der Waals surface area contributed by atoms with Crippen LogP contribution in [-0.4, -0.2) is 31.4 Å². The molecular weight excluding hydrogens is 262 g/mol. The van der Waals surface area contributed by atoms with Gasteiger partial charge in [-0.1, -0.05) is 36.4 Å². The van der Waals surface area contributed by atoms with E-state index in [1.807, 2.05) is 18.2 Å². The first-order chi connectivity index (χ1) is 10.3. The van der Waals surface area contributed by atoms with E-state index in [1.54, 1.807) is 7.11 Å². The number of aliphatic hydroxyl groups is 1. The molecule has 2 aromatic carbocycles. The normalized spacial score (nSPS) is 17.8. The molecule has 1 aliphatic rings. The number of ether oxygens (including phenoxy) is 1. The van der Waals surface area contributed by atoms with Crippen LogP contribution in [0.1, 0.15) is 24.5 Å². The van der Waals surface area contributed by atoms with Crippen LogP contribution in [0.15, 0.2) is 42.5 Å². The summed E-state index contributed by atoms with van der Waals surface area (Å²) >= 11 is 0. The van der Waals surface area contributed by atoms with Crippen molar-refractivity contribution in [2.75, 3.05) is 20.3 Å². The van der Waals surface area contributed by atoms with Gasteiger partial charge in [0, 0.05) is 19.7 Å². The Bertz CT molecular complexity index is 595. The van der Waals surface area contributed by atoms with Crippen LogP contribution in [-0.2, 0) is 4.74 Å². The summed E-state index contributed by atoms with van der Waals surface area (Å²) in [6.45, 7) is 1.29. The minimum absolute atomic E-state index is 0.366. The predicted octanol–water partition coefficient (Wildman–Crippen LogP) is 2.89. The van der Waals surface area contributed by atoms with E-state index in [2.05, 4.69) is 29.6 Å². The summed E-state index contributed by atoms with van der Waals surface area (Å²) in [6.07, 6.45) is 2.06. The Balaban J connectivity index is 1.64. The molecule has 0 radical (unpaired) electrons. The van der Waals surface area contributed by atoms with Crippen molar-refractivity contribution in [1.29, 1.82) is 0 Å². The summed E-state index contributed by atoms with van der Waals surface area (Å²) in [4.78, 5) is 0. The van der Waals surface area contributed by atoms with Gasteiger partial charge in [-0.2, -0.15) is 0 Å². The molecule has 1 fully saturated rings. The van der Waals surface area contributed by atoms with Crippen LogP contribution < -0.4 is 5.32 Å². The first-order valence-corrected chi connectivity index (χ1v) is 7.67. The molecule has 0 saturated heterocycles. The number of rotatable bonds is 7. The Morgan fingerprint density at radius 1 is 1.19 bits per heavy atom. The summed E-state index contributed by atoms with van der Waals surface area (Å²) in [5, 5.41) is 16.2. The van der Waals surface area contributed by atoms with Gasteiger partial charge in [-0.15, -0.1) is 0 Å². The SMILES string of the molecule is COCC(NCC(O)c1ccc2ccccc2c1)C1CC1. The average molecular weight is 285 g/mol. The van der Waals surface area contributed by atoms with Crippen molar-refractivity contribution in [2.45, 2.75) is 25.0 Å². The zero-order valence-electron chi connectivity index (χ0n) is 12.5. The van der Waals surface area contributed by atoms with Crippen molar-refractivity contribution in [2.24, 2.45) is 5.92 Å². The van der Waals surface area contributed by atoms with E-state index in [1.165, 1.54) is 23.6 Å². The quantitative estimate of drug-likeness (QED) is 0.822. The Labute approximate surface area is 125 Å². The summed E-state index contributed by atoms with van der Waals surface area (Å²) < 4.78 is 5.26. The Hall–Kier alpha value is -1.42. The molecule has 0 aromatic heterocycles. The molecule has 2 N–H and O–H groups in total. The Morgan fingerprint density at radius 2 is 1.95 bits per heavy atom. The van der Waals surface area contributed by atoms with Crippen LogP contribution in [0.2, 0.25) is 0 Å². The second-order valence-corrected chi connectivity index (χ2v) is 5.93. The Morgan fingerprint density at radius 3 is 2.67 bits per heavy atom. The maximum atomic E-state index is 10.4. The van der Waals surface area contributed by atoms with Crippen molar-refractivity contribution < 1.29 is 9.84 Å². The first kappa shape index (κ1) is 14.5. The molecule has 2 unspecified atom stereocenters. The number of methoxy groups -OCH3 is 1. The van der Waals surface area contributed by atoms with E-state index in [9.17, 15) is 5.11 Å². The molecule has 1 saturated carbocycles. The maximum absolute atomic E-state index is 10.4. The lowest BCUT2D eigenvalue weighted by molar-refractivity contribution is 0.132. The fourth-order valence-corrected chi connectivity index (χ4v) is 2.84. The number of hydrogen-bond donors (Lipinski definition) is 2. The highest BCUT2D eigenvalue weighted by atomic mass is 16.5. The number of benzene rings is 2. The lowest BCUT2D eigenvalue weighted by Gasteiger charge is -2.20.